The molecule has 8 nitrogen and oxygen atoms in total. The standard InChI is InChI=1S/C27H36N4O4S/c1-34-25(33)27(11-3-2-4-12-27)29-24(32)21-7-5-20(6-8-21)23-19-36-26(28-23)31-13-9-22(10-14-31)30-15-17-35-18-16-30/h5-8,19,22H,2-4,9-18H2,1H3,(H,29,32). The predicted octanol–water partition coefficient (Wildman–Crippen LogP) is 3.72. The van der Waals surface area contributed by atoms with Gasteiger partial charge in [-0.25, -0.2) is 9.78 Å². The number of hydrogen-bond donors (Lipinski definition) is 1. The van der Waals surface area contributed by atoms with Gasteiger partial charge in [0.2, 0.25) is 0 Å². The highest BCUT2D eigenvalue weighted by atomic mass is 32.1. The zero-order chi connectivity index (χ0) is 25.0. The topological polar surface area (TPSA) is 84.0 Å². The first-order valence-corrected chi connectivity index (χ1v) is 14.0. The Morgan fingerprint density at radius 3 is 2.42 bits per heavy atom. The summed E-state index contributed by atoms with van der Waals surface area (Å²) in [5.41, 5.74) is 1.53. The number of nitrogens with zero attached hydrogens (tertiary/aromatic N) is 3. The maximum atomic E-state index is 13.0. The summed E-state index contributed by atoms with van der Waals surface area (Å²) in [5, 5.41) is 6.14. The highest BCUT2D eigenvalue weighted by Gasteiger charge is 2.42. The van der Waals surface area contributed by atoms with Crippen molar-refractivity contribution >= 4 is 28.3 Å². The Hall–Kier alpha value is -2.49. The van der Waals surface area contributed by atoms with Crippen LogP contribution in [0, 0.1) is 0 Å². The van der Waals surface area contributed by atoms with E-state index in [2.05, 4.69) is 20.5 Å². The molecule has 1 amide bonds. The number of aromatic nitrogens is 1. The van der Waals surface area contributed by atoms with E-state index >= 15 is 0 Å². The Labute approximate surface area is 217 Å². The molecule has 2 aromatic rings. The van der Waals surface area contributed by atoms with Crippen LogP contribution in [0.4, 0.5) is 5.13 Å². The molecule has 1 aliphatic carbocycles. The van der Waals surface area contributed by atoms with Crippen molar-refractivity contribution in [2.45, 2.75) is 56.5 Å². The van der Waals surface area contributed by atoms with Crippen LogP contribution in [0.15, 0.2) is 29.6 Å². The van der Waals surface area contributed by atoms with Crippen molar-refractivity contribution in [3.63, 3.8) is 0 Å². The van der Waals surface area contributed by atoms with Crippen LogP contribution in [-0.2, 0) is 14.3 Å². The van der Waals surface area contributed by atoms with Crippen LogP contribution in [0.25, 0.3) is 11.3 Å². The summed E-state index contributed by atoms with van der Waals surface area (Å²) in [6.45, 7) is 5.84. The average molecular weight is 513 g/mol. The molecule has 2 aliphatic heterocycles. The number of thiazole rings is 1. The zero-order valence-corrected chi connectivity index (χ0v) is 21.9. The number of ether oxygens (including phenoxy) is 2. The van der Waals surface area contributed by atoms with E-state index in [1.165, 1.54) is 7.11 Å². The van der Waals surface area contributed by atoms with E-state index in [1.54, 1.807) is 11.3 Å². The summed E-state index contributed by atoms with van der Waals surface area (Å²) in [6, 6.07) is 8.14. The first-order valence-electron chi connectivity index (χ1n) is 13.1. The molecule has 0 radical (unpaired) electrons. The minimum absolute atomic E-state index is 0.240. The molecule has 0 bridgehead atoms. The van der Waals surface area contributed by atoms with Crippen LogP contribution in [0.1, 0.15) is 55.3 Å². The second kappa shape index (κ2) is 11.3. The molecule has 1 N–H and O–H groups in total. The number of morpholine rings is 1. The van der Waals surface area contributed by atoms with Crippen molar-refractivity contribution in [3.05, 3.63) is 35.2 Å². The lowest BCUT2D eigenvalue weighted by Crippen LogP contribution is -2.56. The van der Waals surface area contributed by atoms with Crippen LogP contribution in [-0.4, -0.2) is 79.8 Å². The molecule has 0 unspecified atom stereocenters. The molecular formula is C27H36N4O4S. The Bertz CT molecular complexity index is 1040. The minimum Gasteiger partial charge on any atom is -0.467 e. The van der Waals surface area contributed by atoms with Crippen LogP contribution >= 0.6 is 11.3 Å². The summed E-state index contributed by atoms with van der Waals surface area (Å²) in [5.74, 6) is -0.591. The quantitative estimate of drug-likeness (QED) is 0.591. The Balaban J connectivity index is 1.20. The monoisotopic (exact) mass is 512 g/mol. The summed E-state index contributed by atoms with van der Waals surface area (Å²) < 4.78 is 10.5. The van der Waals surface area contributed by atoms with Gasteiger partial charge >= 0.3 is 5.97 Å². The lowest BCUT2D eigenvalue weighted by molar-refractivity contribution is -0.149. The van der Waals surface area contributed by atoms with E-state index in [4.69, 9.17) is 14.5 Å². The van der Waals surface area contributed by atoms with Crippen molar-refractivity contribution in [1.29, 1.82) is 0 Å². The van der Waals surface area contributed by atoms with Gasteiger partial charge in [0.05, 0.1) is 26.0 Å². The SMILES string of the molecule is COC(=O)C1(NC(=O)c2ccc(-c3csc(N4CCC(N5CCOCC5)CC4)n3)cc2)CCCCC1. The largest absolute Gasteiger partial charge is 0.467 e. The lowest BCUT2D eigenvalue weighted by atomic mass is 9.81. The number of esters is 1. The molecule has 1 aromatic heterocycles. The Kier molecular flexibility index (Phi) is 7.88. The predicted molar refractivity (Wildman–Crippen MR) is 140 cm³/mol. The van der Waals surface area contributed by atoms with Gasteiger partial charge in [0, 0.05) is 48.7 Å². The van der Waals surface area contributed by atoms with Crippen LogP contribution in [0.5, 0.6) is 0 Å². The van der Waals surface area contributed by atoms with Gasteiger partial charge in [0.25, 0.3) is 5.91 Å². The fourth-order valence-electron chi connectivity index (χ4n) is 5.72. The summed E-state index contributed by atoms with van der Waals surface area (Å²) >= 11 is 1.68. The highest BCUT2D eigenvalue weighted by molar-refractivity contribution is 7.14. The molecule has 0 atom stereocenters. The molecule has 1 aromatic carbocycles. The molecule has 9 heteroatoms. The first-order chi connectivity index (χ1) is 17.6. The minimum atomic E-state index is -0.915. The van der Waals surface area contributed by atoms with Gasteiger partial charge in [-0.15, -0.1) is 11.3 Å². The van der Waals surface area contributed by atoms with Crippen LogP contribution < -0.4 is 10.2 Å². The Morgan fingerprint density at radius 2 is 1.75 bits per heavy atom. The summed E-state index contributed by atoms with van der Waals surface area (Å²) in [4.78, 5) is 35.3. The third-order valence-corrected chi connectivity index (χ3v) is 8.77. The molecule has 3 heterocycles. The van der Waals surface area contributed by atoms with Crippen molar-refractivity contribution in [1.82, 2.24) is 15.2 Å². The van der Waals surface area contributed by atoms with E-state index in [-0.39, 0.29) is 11.9 Å². The van der Waals surface area contributed by atoms with Crippen LogP contribution in [0.2, 0.25) is 0 Å². The van der Waals surface area contributed by atoms with Gasteiger partial charge in [-0.2, -0.15) is 0 Å². The van der Waals surface area contributed by atoms with E-state index in [0.29, 0.717) is 24.4 Å². The second-order valence-corrected chi connectivity index (χ2v) is 10.9. The number of rotatable bonds is 6. The number of anilines is 1. The van der Waals surface area contributed by atoms with Gasteiger partial charge in [-0.05, 0) is 37.8 Å². The fraction of sp³-hybridized carbons (Fsp3) is 0.593. The van der Waals surface area contributed by atoms with Gasteiger partial charge in [-0.3, -0.25) is 9.69 Å². The molecule has 5 rings (SSSR count). The number of hydrogen-bond acceptors (Lipinski definition) is 8. The van der Waals surface area contributed by atoms with Crippen molar-refractivity contribution in [3.8, 4) is 11.3 Å². The number of nitrogens with one attached hydrogen (secondary N) is 1. The first kappa shape index (κ1) is 25.2. The number of carbonyl (C=O) groups excluding carboxylic acids is 2. The van der Waals surface area contributed by atoms with Crippen molar-refractivity contribution < 1.29 is 19.1 Å². The number of piperidine rings is 1. The Morgan fingerprint density at radius 1 is 1.06 bits per heavy atom. The average Bonchev–Trinajstić information content (AvgIpc) is 3.44. The summed E-state index contributed by atoms with van der Waals surface area (Å²) in [7, 11) is 1.38. The third-order valence-electron chi connectivity index (χ3n) is 7.87. The van der Waals surface area contributed by atoms with Gasteiger partial charge in [-0.1, -0.05) is 31.4 Å². The number of carbonyl (C=O) groups is 2. The normalized spacial score (nSPS) is 21.2. The second-order valence-electron chi connectivity index (χ2n) is 10.0. The number of amides is 1. The van der Waals surface area contributed by atoms with Crippen molar-refractivity contribution in [2.75, 3.05) is 51.4 Å². The van der Waals surface area contributed by atoms with Crippen LogP contribution in [0.3, 0.4) is 0 Å². The maximum absolute atomic E-state index is 13.0. The molecule has 194 valence electrons. The molecule has 3 aliphatic rings. The summed E-state index contributed by atoms with van der Waals surface area (Å²) in [6.07, 6.45) is 6.45. The number of methoxy groups -OCH3 is 1. The van der Waals surface area contributed by atoms with E-state index in [9.17, 15) is 9.59 Å². The maximum Gasteiger partial charge on any atom is 0.331 e. The van der Waals surface area contributed by atoms with Gasteiger partial charge < -0.3 is 19.7 Å². The molecular weight excluding hydrogens is 476 g/mol. The fourth-order valence-corrected chi connectivity index (χ4v) is 6.61. The van der Waals surface area contributed by atoms with Gasteiger partial charge in [0.1, 0.15) is 5.54 Å². The molecule has 0 spiro atoms. The van der Waals surface area contributed by atoms with E-state index in [0.717, 1.165) is 87.9 Å². The van der Waals surface area contributed by atoms with E-state index in [1.807, 2.05) is 24.3 Å². The number of benzene rings is 1. The lowest BCUT2D eigenvalue weighted by Gasteiger charge is -2.40. The van der Waals surface area contributed by atoms with Gasteiger partial charge in [0.15, 0.2) is 5.13 Å². The molecule has 2 saturated heterocycles. The molecule has 1 saturated carbocycles. The zero-order valence-electron chi connectivity index (χ0n) is 21.0. The smallest absolute Gasteiger partial charge is 0.331 e. The highest BCUT2D eigenvalue weighted by Crippen LogP contribution is 2.32. The third kappa shape index (κ3) is 5.43. The van der Waals surface area contributed by atoms with E-state index < -0.39 is 5.54 Å². The molecule has 36 heavy (non-hydrogen) atoms. The van der Waals surface area contributed by atoms with Crippen molar-refractivity contribution in [2.24, 2.45) is 0 Å². The molecule has 3 fully saturated rings.